The molecule has 3 aliphatic carbocycles. The molecule has 0 radical (unpaired) electrons. The minimum atomic E-state index is -1.12. The summed E-state index contributed by atoms with van der Waals surface area (Å²) >= 11 is 0. The summed E-state index contributed by atoms with van der Waals surface area (Å²) < 4.78 is 64.4. The van der Waals surface area contributed by atoms with Crippen LogP contribution in [0.2, 0.25) is 0 Å². The zero-order valence-corrected chi connectivity index (χ0v) is 37.4. The van der Waals surface area contributed by atoms with E-state index in [-0.39, 0.29) is 73.5 Å². The lowest BCUT2D eigenvalue weighted by Gasteiger charge is -2.53. The number of esters is 3. The first-order valence-corrected chi connectivity index (χ1v) is 23.4. The van der Waals surface area contributed by atoms with Gasteiger partial charge < -0.3 is 47.4 Å². The average molecular weight is 891 g/mol. The summed E-state index contributed by atoms with van der Waals surface area (Å²) in [5.74, 6) is -1.66. The standard InChI is InChI=1S/C52H58O13/c1-30(2)50-44(64-50)45-52(65-45)49(4)23-22-35-36(28-59-46(35)55)37(49)24-39-51(52,63-39)48(50)62-41(54)21-20-40(53)61-47-43(58-27-34-18-12-7-13-19-34)31(3)42(57-26-33-16-10-6-11-17-33)38(60-47)29-56-25-32-14-8-5-9-15-32/h5-19,30-31,37-39,42-45,47-48H,20-29H2,1-4H3/t31?,37-,38?,39-,42+,43+,44-,45-,47+,48+,49-,50-,51+,52+/m0/s1. The van der Waals surface area contributed by atoms with Crippen molar-refractivity contribution in [3.8, 4) is 0 Å². The Morgan fingerprint density at radius 2 is 1.38 bits per heavy atom. The van der Waals surface area contributed by atoms with Crippen LogP contribution in [-0.4, -0.2) is 96.9 Å². The molecule has 2 spiro atoms. The predicted octanol–water partition coefficient (Wildman–Crippen LogP) is 6.73. The highest BCUT2D eigenvalue weighted by molar-refractivity contribution is 5.92. The number of ether oxygens (including phenoxy) is 10. The third kappa shape index (κ3) is 6.94. The van der Waals surface area contributed by atoms with E-state index in [0.29, 0.717) is 32.7 Å². The van der Waals surface area contributed by atoms with Crippen LogP contribution < -0.4 is 0 Å². The number of benzene rings is 3. The highest BCUT2D eigenvalue weighted by atomic mass is 16.8. The van der Waals surface area contributed by atoms with Gasteiger partial charge in [0.2, 0.25) is 6.29 Å². The number of fused-ring (bicyclic) bond motifs is 4. The minimum Gasteiger partial charge on any atom is -0.458 e. The van der Waals surface area contributed by atoms with Gasteiger partial charge >= 0.3 is 17.9 Å². The van der Waals surface area contributed by atoms with Crippen molar-refractivity contribution in [1.29, 1.82) is 0 Å². The van der Waals surface area contributed by atoms with Gasteiger partial charge in [-0.3, -0.25) is 9.59 Å². The van der Waals surface area contributed by atoms with Gasteiger partial charge in [-0.25, -0.2) is 4.79 Å². The van der Waals surface area contributed by atoms with Gasteiger partial charge in [-0.15, -0.1) is 0 Å². The van der Waals surface area contributed by atoms with Crippen LogP contribution in [0.5, 0.6) is 0 Å². The Morgan fingerprint density at radius 1 is 0.769 bits per heavy atom. The van der Waals surface area contributed by atoms with E-state index in [4.69, 9.17) is 47.4 Å². The first kappa shape index (κ1) is 43.1. The molecule has 3 aromatic carbocycles. The fraction of sp³-hybridized carbons (Fsp3) is 0.558. The molecule has 8 aliphatic rings. The van der Waals surface area contributed by atoms with Crippen molar-refractivity contribution in [2.45, 2.75) is 145 Å². The smallest absolute Gasteiger partial charge is 0.334 e. The molecule has 0 aromatic heterocycles. The van der Waals surface area contributed by atoms with Crippen LogP contribution >= 0.6 is 0 Å². The lowest BCUT2D eigenvalue weighted by Crippen LogP contribution is -2.70. The summed E-state index contributed by atoms with van der Waals surface area (Å²) in [5, 5.41) is 0. The predicted molar refractivity (Wildman–Crippen MR) is 230 cm³/mol. The first-order valence-electron chi connectivity index (χ1n) is 23.4. The van der Waals surface area contributed by atoms with Crippen LogP contribution in [0.25, 0.3) is 0 Å². The van der Waals surface area contributed by atoms with E-state index in [1.54, 1.807) is 0 Å². The Morgan fingerprint density at radius 3 is 2.03 bits per heavy atom. The highest BCUT2D eigenvalue weighted by Gasteiger charge is 3.01. The maximum Gasteiger partial charge on any atom is 0.334 e. The lowest BCUT2D eigenvalue weighted by atomic mass is 9.46. The van der Waals surface area contributed by atoms with Gasteiger partial charge in [0.25, 0.3) is 0 Å². The maximum atomic E-state index is 14.1. The molecule has 13 heteroatoms. The summed E-state index contributed by atoms with van der Waals surface area (Å²) in [6.45, 7) is 9.84. The summed E-state index contributed by atoms with van der Waals surface area (Å²) in [4.78, 5) is 40.6. The fourth-order valence-electron chi connectivity index (χ4n) is 12.6. The molecule has 11 rings (SSSR count). The minimum absolute atomic E-state index is 0.00730. The molecule has 65 heavy (non-hydrogen) atoms. The number of epoxide rings is 3. The molecule has 13 nitrogen and oxygen atoms in total. The molecule has 344 valence electrons. The van der Waals surface area contributed by atoms with E-state index >= 15 is 0 Å². The number of cyclic esters (lactones) is 1. The molecule has 0 bridgehead atoms. The molecular weight excluding hydrogens is 833 g/mol. The van der Waals surface area contributed by atoms with Gasteiger partial charge in [-0.05, 0) is 53.4 Å². The topological polar surface area (TPSA) is 153 Å². The van der Waals surface area contributed by atoms with E-state index in [1.165, 1.54) is 0 Å². The Kier molecular flexibility index (Phi) is 10.9. The summed E-state index contributed by atoms with van der Waals surface area (Å²) in [7, 11) is 0. The Bertz CT molecular complexity index is 2320. The third-order valence-corrected chi connectivity index (χ3v) is 16.0. The SMILES string of the molecule is CC1[C@@H](OCc2ccccc2)C(COCc2ccccc2)O[C@H](OC(=O)CCC(=O)O[C@@H]2[C@@]3(C(C)C)O[C@H]3[C@@H]3O[C@]34[C@]23O[C@H]3C[C@H]2C3=C(CC[C@@]24C)C(=O)OC3)[C@@H]1OCc1ccccc1. The van der Waals surface area contributed by atoms with Crippen molar-refractivity contribution in [3.05, 3.63) is 119 Å². The molecule has 5 aliphatic heterocycles. The molecule has 0 amide bonds. The van der Waals surface area contributed by atoms with Gasteiger partial charge in [0.05, 0.1) is 51.5 Å². The molecular formula is C52H58O13. The van der Waals surface area contributed by atoms with E-state index in [1.807, 2.05) is 97.9 Å². The van der Waals surface area contributed by atoms with Crippen molar-refractivity contribution in [1.82, 2.24) is 0 Å². The van der Waals surface area contributed by atoms with Crippen LogP contribution in [0, 0.1) is 23.2 Å². The van der Waals surface area contributed by atoms with E-state index in [2.05, 4.69) is 20.8 Å². The highest BCUT2D eigenvalue weighted by Crippen LogP contribution is 2.83. The molecule has 3 aromatic rings. The Hall–Kier alpha value is -4.47. The third-order valence-electron chi connectivity index (χ3n) is 16.0. The number of carbonyl (C=O) groups is 3. The monoisotopic (exact) mass is 890 g/mol. The summed E-state index contributed by atoms with van der Waals surface area (Å²) in [5.41, 5.74) is 2.03. The number of hydrogen-bond donors (Lipinski definition) is 0. The average Bonchev–Trinajstić information content (AvgIpc) is 4.25. The van der Waals surface area contributed by atoms with E-state index in [0.717, 1.165) is 34.3 Å². The van der Waals surface area contributed by atoms with Gasteiger partial charge in [0.1, 0.15) is 42.2 Å². The molecule has 6 fully saturated rings. The van der Waals surface area contributed by atoms with Crippen molar-refractivity contribution in [3.63, 3.8) is 0 Å². The molecule has 14 atom stereocenters. The van der Waals surface area contributed by atoms with Crippen LogP contribution in [0.1, 0.15) is 76.5 Å². The number of hydrogen-bond acceptors (Lipinski definition) is 13. The van der Waals surface area contributed by atoms with Gasteiger partial charge in [-0.2, -0.15) is 0 Å². The van der Waals surface area contributed by atoms with Crippen LogP contribution in [0.15, 0.2) is 102 Å². The van der Waals surface area contributed by atoms with Gasteiger partial charge in [-0.1, -0.05) is 119 Å². The second-order valence-electron chi connectivity index (χ2n) is 19.8. The van der Waals surface area contributed by atoms with Crippen molar-refractivity contribution >= 4 is 17.9 Å². The van der Waals surface area contributed by atoms with Crippen LogP contribution in [-0.2, 0) is 81.6 Å². The van der Waals surface area contributed by atoms with Crippen molar-refractivity contribution < 1.29 is 61.8 Å². The first-order chi connectivity index (χ1) is 31.5. The second-order valence-corrected chi connectivity index (χ2v) is 19.8. The molecule has 5 heterocycles. The van der Waals surface area contributed by atoms with Crippen molar-refractivity contribution in [2.75, 3.05) is 13.2 Å². The maximum absolute atomic E-state index is 14.1. The lowest BCUT2D eigenvalue weighted by molar-refractivity contribution is -0.299. The largest absolute Gasteiger partial charge is 0.458 e. The van der Waals surface area contributed by atoms with Crippen molar-refractivity contribution in [2.24, 2.45) is 23.2 Å². The van der Waals surface area contributed by atoms with Crippen LogP contribution in [0.4, 0.5) is 0 Å². The number of rotatable bonds is 16. The van der Waals surface area contributed by atoms with E-state index < -0.39 is 59.4 Å². The Labute approximate surface area is 379 Å². The zero-order chi connectivity index (χ0) is 44.7. The molecule has 0 N–H and O–H groups in total. The summed E-state index contributed by atoms with van der Waals surface area (Å²) in [6, 6.07) is 29.6. The zero-order valence-electron chi connectivity index (χ0n) is 37.4. The normalized spacial score (nSPS) is 39.1. The molecule has 2 unspecified atom stereocenters. The second kappa shape index (κ2) is 16.4. The van der Waals surface area contributed by atoms with E-state index in [9.17, 15) is 14.4 Å². The van der Waals surface area contributed by atoms with Gasteiger partial charge in [0.15, 0.2) is 11.7 Å². The molecule has 4 saturated heterocycles. The van der Waals surface area contributed by atoms with Gasteiger partial charge in [0, 0.05) is 16.9 Å². The quantitative estimate of drug-likeness (QED) is 0.0850. The summed E-state index contributed by atoms with van der Waals surface area (Å²) in [6.07, 6.45) is -2.86. The fourth-order valence-corrected chi connectivity index (χ4v) is 12.6. The van der Waals surface area contributed by atoms with Crippen LogP contribution in [0.3, 0.4) is 0 Å². The Balaban J connectivity index is 0.796. The molecule has 2 saturated carbocycles. The number of carbonyl (C=O) groups excluding carboxylic acids is 3.